The molecule has 172 valence electrons. The Morgan fingerprint density at radius 3 is 2.61 bits per heavy atom. The molecule has 3 aliphatic rings. The van der Waals surface area contributed by atoms with Gasteiger partial charge in [0.1, 0.15) is 18.7 Å². The van der Waals surface area contributed by atoms with Crippen molar-refractivity contribution in [2.24, 2.45) is 11.8 Å². The summed E-state index contributed by atoms with van der Waals surface area (Å²) < 4.78 is 39.8. The van der Waals surface area contributed by atoms with Crippen LogP contribution < -0.4 is 0 Å². The number of rotatable bonds is 5. The maximum Gasteiger partial charge on any atom is 0.416 e. The van der Waals surface area contributed by atoms with Crippen LogP contribution in [-0.2, 0) is 12.7 Å². The number of aliphatic hydroxyl groups excluding tert-OH is 1. The first-order valence-corrected chi connectivity index (χ1v) is 11.5. The molecule has 1 aromatic heterocycles. The van der Waals surface area contributed by atoms with Crippen LogP contribution in [0, 0.1) is 11.8 Å². The lowest BCUT2D eigenvalue weighted by Crippen LogP contribution is -2.67. The Morgan fingerprint density at radius 1 is 1.12 bits per heavy atom. The predicted molar refractivity (Wildman–Crippen MR) is 122 cm³/mol. The maximum atomic E-state index is 13.1. The minimum Gasteiger partial charge on any atom is -0.382 e. The topological polar surface area (TPSA) is 33.1 Å². The van der Waals surface area contributed by atoms with Crippen LogP contribution in [0.3, 0.4) is 0 Å². The smallest absolute Gasteiger partial charge is 0.382 e. The summed E-state index contributed by atoms with van der Waals surface area (Å²) in [6.07, 6.45) is 0.648. The molecule has 6 heteroatoms. The Kier molecular flexibility index (Phi) is 5.53. The van der Waals surface area contributed by atoms with Crippen molar-refractivity contribution >= 4 is 10.9 Å². The molecule has 0 radical (unpaired) electrons. The summed E-state index contributed by atoms with van der Waals surface area (Å²) in [6, 6.07) is 15.2. The third-order valence-electron chi connectivity index (χ3n) is 7.82. The van der Waals surface area contributed by atoms with Crippen LogP contribution in [0.15, 0.2) is 73.4 Å². The minimum atomic E-state index is -4.34. The van der Waals surface area contributed by atoms with Gasteiger partial charge >= 0.3 is 6.18 Å². The number of hydrogen-bond donors (Lipinski definition) is 1. The molecule has 2 aromatic carbocycles. The van der Waals surface area contributed by atoms with Gasteiger partial charge in [-0.05, 0) is 35.7 Å². The van der Waals surface area contributed by atoms with Crippen molar-refractivity contribution in [2.45, 2.75) is 37.7 Å². The van der Waals surface area contributed by atoms with E-state index in [-0.39, 0.29) is 6.04 Å². The van der Waals surface area contributed by atoms with Gasteiger partial charge in [-0.2, -0.15) is 13.2 Å². The highest BCUT2D eigenvalue weighted by Crippen LogP contribution is 2.48. The summed E-state index contributed by atoms with van der Waals surface area (Å²) in [7, 11) is 0. The van der Waals surface area contributed by atoms with Crippen molar-refractivity contribution < 1.29 is 22.8 Å². The van der Waals surface area contributed by atoms with Crippen LogP contribution in [0.2, 0.25) is 0 Å². The van der Waals surface area contributed by atoms with Crippen LogP contribution in [0.1, 0.15) is 35.6 Å². The second-order valence-electron chi connectivity index (χ2n) is 9.59. The molecule has 2 bridgehead atoms. The highest BCUT2D eigenvalue weighted by molar-refractivity contribution is 5.82. The molecule has 5 atom stereocenters. The van der Waals surface area contributed by atoms with Crippen LogP contribution in [0.25, 0.3) is 10.9 Å². The van der Waals surface area contributed by atoms with E-state index >= 15 is 0 Å². The molecular formula is C27H28F3N2O+. The molecule has 0 spiro atoms. The van der Waals surface area contributed by atoms with E-state index < -0.39 is 17.8 Å². The van der Waals surface area contributed by atoms with Gasteiger partial charge < -0.3 is 9.59 Å². The zero-order valence-electron chi connectivity index (χ0n) is 18.4. The first-order valence-electron chi connectivity index (χ1n) is 11.5. The zero-order chi connectivity index (χ0) is 23.2. The maximum absolute atomic E-state index is 13.1. The average Bonchev–Trinajstić information content (AvgIpc) is 2.83. The number of benzene rings is 2. The molecule has 0 aliphatic carbocycles. The lowest BCUT2D eigenvalue weighted by atomic mass is 9.71. The van der Waals surface area contributed by atoms with Gasteiger partial charge in [0.25, 0.3) is 0 Å². The number of alkyl halides is 3. The summed E-state index contributed by atoms with van der Waals surface area (Å²) in [4.78, 5) is 4.43. The van der Waals surface area contributed by atoms with Gasteiger partial charge in [0.05, 0.1) is 24.2 Å². The van der Waals surface area contributed by atoms with Gasteiger partial charge in [0, 0.05) is 35.9 Å². The van der Waals surface area contributed by atoms with Gasteiger partial charge in [-0.3, -0.25) is 4.98 Å². The lowest BCUT2D eigenvalue weighted by Gasteiger charge is -2.58. The van der Waals surface area contributed by atoms with E-state index in [4.69, 9.17) is 0 Å². The van der Waals surface area contributed by atoms with Crippen LogP contribution >= 0.6 is 0 Å². The number of fused-ring (bicyclic) bond motifs is 4. The Bertz CT molecular complexity index is 1150. The molecule has 4 heterocycles. The van der Waals surface area contributed by atoms with Gasteiger partial charge in [-0.1, -0.05) is 36.4 Å². The number of aliphatic hydroxyl groups is 1. The molecule has 0 amide bonds. The Balaban J connectivity index is 1.51. The standard InChI is InChI=1S/C27H28F3N2O/c1-2-19-17-32(16-18-7-9-21(10-8-18)27(28,29)30)14-12-20(19)15-25(32)26(33)23-11-13-31-24-6-4-3-5-22(23)24/h2-11,13,19-20,25-26,33H,1,12,14-17H2/q+1/t19-,20+,25+,26-,32+/m1/s1. The fourth-order valence-corrected chi connectivity index (χ4v) is 6.13. The van der Waals surface area contributed by atoms with Gasteiger partial charge in [-0.25, -0.2) is 0 Å². The summed E-state index contributed by atoms with van der Waals surface area (Å²) in [5.41, 5.74) is 1.96. The molecule has 3 aliphatic heterocycles. The van der Waals surface area contributed by atoms with Crippen molar-refractivity contribution in [1.29, 1.82) is 0 Å². The van der Waals surface area contributed by atoms with Crippen LogP contribution in [-0.4, -0.2) is 33.7 Å². The third kappa shape index (κ3) is 3.96. The van der Waals surface area contributed by atoms with Crippen molar-refractivity contribution in [3.05, 3.63) is 90.1 Å². The Morgan fingerprint density at radius 2 is 1.88 bits per heavy atom. The summed E-state index contributed by atoms with van der Waals surface area (Å²) in [6.45, 7) is 6.39. The first kappa shape index (κ1) is 22.1. The predicted octanol–water partition coefficient (Wildman–Crippen LogP) is 5.90. The second-order valence-corrected chi connectivity index (χ2v) is 9.59. The number of piperidine rings is 3. The molecule has 3 nitrogen and oxygen atoms in total. The fourth-order valence-electron chi connectivity index (χ4n) is 6.13. The number of para-hydroxylation sites is 1. The summed E-state index contributed by atoms with van der Waals surface area (Å²) in [5.74, 6) is 0.827. The average molecular weight is 454 g/mol. The molecule has 3 fully saturated rings. The Hall–Kier alpha value is -2.70. The number of nitrogens with zero attached hydrogens (tertiary/aromatic N) is 2. The van der Waals surface area contributed by atoms with Crippen molar-refractivity contribution in [2.75, 3.05) is 13.1 Å². The fraction of sp³-hybridized carbons (Fsp3) is 0.370. The van der Waals surface area contributed by atoms with E-state index in [2.05, 4.69) is 11.6 Å². The van der Waals surface area contributed by atoms with Gasteiger partial charge in [-0.15, -0.1) is 6.58 Å². The lowest BCUT2D eigenvalue weighted by molar-refractivity contribution is -0.984. The number of quaternary nitrogens is 1. The Labute approximate surface area is 191 Å². The van der Waals surface area contributed by atoms with Gasteiger partial charge in [0.2, 0.25) is 0 Å². The normalized spacial score (nSPS) is 28.1. The van der Waals surface area contributed by atoms with E-state index in [0.29, 0.717) is 22.9 Å². The minimum absolute atomic E-state index is 0.0342. The van der Waals surface area contributed by atoms with E-state index in [0.717, 1.165) is 60.1 Å². The molecule has 0 unspecified atom stereocenters. The summed E-state index contributed by atoms with van der Waals surface area (Å²) in [5, 5.41) is 12.6. The van der Waals surface area contributed by atoms with Crippen molar-refractivity contribution in [3.8, 4) is 0 Å². The van der Waals surface area contributed by atoms with Crippen molar-refractivity contribution in [1.82, 2.24) is 4.98 Å². The zero-order valence-corrected chi connectivity index (χ0v) is 18.4. The van der Waals surface area contributed by atoms with Crippen LogP contribution in [0.4, 0.5) is 13.2 Å². The number of halogens is 3. The molecule has 33 heavy (non-hydrogen) atoms. The SMILES string of the molecule is C=C[C@@H]1C[N@@+]2(Cc3ccc(C(F)(F)F)cc3)CC[C@H]1C[C@H]2[C@H](O)c1ccnc2ccccc12. The molecule has 1 N–H and O–H groups in total. The van der Waals surface area contributed by atoms with E-state index in [1.807, 2.05) is 36.4 Å². The third-order valence-corrected chi connectivity index (χ3v) is 7.82. The molecule has 6 rings (SSSR count). The molecule has 0 saturated carbocycles. The summed E-state index contributed by atoms with van der Waals surface area (Å²) >= 11 is 0. The largest absolute Gasteiger partial charge is 0.416 e. The monoisotopic (exact) mass is 453 g/mol. The van der Waals surface area contributed by atoms with E-state index in [1.165, 1.54) is 0 Å². The van der Waals surface area contributed by atoms with Gasteiger partial charge in [0.15, 0.2) is 0 Å². The van der Waals surface area contributed by atoms with Crippen molar-refractivity contribution in [3.63, 3.8) is 0 Å². The highest BCUT2D eigenvalue weighted by Gasteiger charge is 2.54. The van der Waals surface area contributed by atoms with Crippen LogP contribution in [0.5, 0.6) is 0 Å². The molecule has 3 saturated heterocycles. The molecular weight excluding hydrogens is 425 g/mol. The van der Waals surface area contributed by atoms with E-state index in [9.17, 15) is 18.3 Å². The van der Waals surface area contributed by atoms with E-state index in [1.54, 1.807) is 18.3 Å². The number of aromatic nitrogens is 1. The quantitative estimate of drug-likeness (QED) is 0.386. The number of hydrogen-bond acceptors (Lipinski definition) is 2. The highest BCUT2D eigenvalue weighted by atomic mass is 19.4. The number of pyridine rings is 1. The first-order chi connectivity index (χ1) is 15.8. The second kappa shape index (κ2) is 8.26. The molecule has 3 aromatic rings.